The van der Waals surface area contributed by atoms with Crippen molar-refractivity contribution in [2.75, 3.05) is 6.54 Å². The topological polar surface area (TPSA) is 266 Å². The quantitative estimate of drug-likeness (QED) is 0.138. The largest absolute Gasteiger partial charge is 0.488 e. The van der Waals surface area contributed by atoms with Crippen LogP contribution < -0.4 is 16.8 Å². The maximum absolute atomic E-state index is 14.4. The van der Waals surface area contributed by atoms with Gasteiger partial charge in [-0.2, -0.15) is 5.01 Å². The van der Waals surface area contributed by atoms with Crippen molar-refractivity contribution in [2.24, 2.45) is 23.3 Å². The van der Waals surface area contributed by atoms with Gasteiger partial charge in [0.05, 0.1) is 6.04 Å². The number of carbonyl (C=O) groups excluding carboxylic acids is 8. The highest BCUT2D eigenvalue weighted by atomic mass is 17.2. The highest BCUT2D eigenvalue weighted by Gasteiger charge is 2.81. The number of nitrogens with one attached hydrogen (secondary N) is 1. The molecule has 7 atom stereocenters. The third-order valence-corrected chi connectivity index (χ3v) is 10.8. The Morgan fingerprint density at radius 2 is 1.49 bits per heavy atom. The van der Waals surface area contributed by atoms with Gasteiger partial charge in [-0.1, -0.05) is 6.92 Å². The van der Waals surface area contributed by atoms with E-state index >= 15 is 0 Å². The van der Waals surface area contributed by atoms with Gasteiger partial charge in [0.2, 0.25) is 0 Å². The average Bonchev–Trinajstić information content (AvgIpc) is 3.90. The molecule has 0 aromatic carbocycles. The van der Waals surface area contributed by atoms with Crippen LogP contribution in [0.3, 0.4) is 0 Å². The van der Waals surface area contributed by atoms with Gasteiger partial charge >= 0.3 is 42.2 Å². The summed E-state index contributed by atoms with van der Waals surface area (Å²) in [5, 5.41) is 4.84. The van der Waals surface area contributed by atoms with Crippen LogP contribution in [0.1, 0.15) is 72.1 Å². The van der Waals surface area contributed by atoms with Crippen LogP contribution in [-0.2, 0) is 52.8 Å². The lowest BCUT2D eigenvalue weighted by Crippen LogP contribution is -2.70. The van der Waals surface area contributed by atoms with E-state index in [1.54, 1.807) is 6.92 Å². The van der Waals surface area contributed by atoms with Gasteiger partial charge in [0.15, 0.2) is 11.3 Å². The molecule has 0 aromatic rings. The zero-order valence-electron chi connectivity index (χ0n) is 26.9. The third kappa shape index (κ3) is 4.59. The summed E-state index contributed by atoms with van der Waals surface area (Å²) in [5.41, 5.74) is 3.75. The summed E-state index contributed by atoms with van der Waals surface area (Å²) >= 11 is 0. The Bertz CT molecular complexity index is 1590. The molecule has 5 N–H and O–H groups in total. The Balaban J connectivity index is 1.43. The van der Waals surface area contributed by atoms with Crippen LogP contribution in [0.4, 0.5) is 14.4 Å². The Morgan fingerprint density at radius 3 is 2.14 bits per heavy atom. The molecule has 20 heteroatoms. The first kappa shape index (κ1) is 33.0. The van der Waals surface area contributed by atoms with Gasteiger partial charge in [-0.15, -0.1) is 5.06 Å². The van der Waals surface area contributed by atoms with E-state index in [1.165, 1.54) is 0 Å². The molecule has 7 rings (SSSR count). The summed E-state index contributed by atoms with van der Waals surface area (Å²) in [5.74, 6) is -12.2. The predicted octanol–water partition coefficient (Wildman–Crippen LogP) is -0.824. The number of hydrogen-bond donors (Lipinski definition) is 3. The maximum Gasteiger partial charge on any atom is 0.488 e. The zero-order valence-corrected chi connectivity index (χ0v) is 26.9. The second-order valence-electron chi connectivity index (χ2n) is 14.2. The number of Topliss-reactive ketones (excluding diaryl/α,β-unsaturated/α-hetero) is 2. The monoisotopic (exact) mass is 692 g/mol. The summed E-state index contributed by atoms with van der Waals surface area (Å²) in [6, 6.07) is -0.829. The van der Waals surface area contributed by atoms with Gasteiger partial charge in [-0.05, 0) is 58.3 Å². The molecule has 0 radical (unpaired) electrons. The summed E-state index contributed by atoms with van der Waals surface area (Å²) in [7, 11) is 0. The first-order valence-electron chi connectivity index (χ1n) is 16.1. The molecule has 20 nitrogen and oxygen atoms in total. The van der Waals surface area contributed by atoms with Crippen molar-refractivity contribution in [3.63, 3.8) is 0 Å². The van der Waals surface area contributed by atoms with E-state index in [9.17, 15) is 38.4 Å². The van der Waals surface area contributed by atoms with E-state index in [2.05, 4.69) is 10.2 Å². The second kappa shape index (κ2) is 10.5. The number of carbonyl (C=O) groups is 8. The molecule has 266 valence electrons. The van der Waals surface area contributed by atoms with Crippen LogP contribution in [0, 0.1) is 11.8 Å². The van der Waals surface area contributed by atoms with Crippen LogP contribution in [0.5, 0.6) is 0 Å². The summed E-state index contributed by atoms with van der Waals surface area (Å²) < 4.78 is 16.5. The smallest absolute Gasteiger partial charge is 0.380 e. The molecule has 4 heterocycles. The second-order valence-corrected chi connectivity index (χ2v) is 14.2. The molecule has 7 aliphatic rings. The summed E-state index contributed by atoms with van der Waals surface area (Å²) in [4.78, 5) is 126. The molecular formula is C29H36N6O14. The lowest BCUT2D eigenvalue weighted by atomic mass is 9.79. The molecule has 4 saturated heterocycles. The Labute approximate surface area is 277 Å². The molecule has 3 spiro atoms. The van der Waals surface area contributed by atoms with E-state index in [1.807, 2.05) is 0 Å². The van der Waals surface area contributed by atoms with Crippen molar-refractivity contribution < 1.29 is 67.2 Å². The van der Waals surface area contributed by atoms with Crippen molar-refractivity contribution in [1.29, 1.82) is 0 Å². The van der Waals surface area contributed by atoms with Crippen LogP contribution in [-0.4, -0.2) is 110 Å². The number of esters is 3. The number of ether oxygens (including phenoxy) is 3. The fourth-order valence-corrected chi connectivity index (χ4v) is 7.52. The number of hydroxylamine groups is 2. The van der Waals surface area contributed by atoms with E-state index < -0.39 is 113 Å². The SMILES string of the molecule is CC1CCN2N(C3CC3)C(=O)ON(C(=O)OOC(=O)NC3CC3)C34CC3[C@@](C)(N)C(=O)OC3(OC(=O)[C@]12C(=O)CCC3=O)OC(=O)[C@]4(C)N. The van der Waals surface area contributed by atoms with Gasteiger partial charge in [0, 0.05) is 31.3 Å². The molecule has 3 amide bonds. The van der Waals surface area contributed by atoms with Gasteiger partial charge in [-0.25, -0.2) is 43.6 Å². The minimum Gasteiger partial charge on any atom is -0.380 e. The number of nitrogens with zero attached hydrogens (tertiary/aromatic N) is 3. The molecule has 49 heavy (non-hydrogen) atoms. The number of nitrogens with two attached hydrogens (primary N) is 2. The molecule has 4 aliphatic heterocycles. The fourth-order valence-electron chi connectivity index (χ4n) is 7.52. The van der Waals surface area contributed by atoms with Crippen LogP contribution in [0.15, 0.2) is 0 Å². The molecule has 3 aliphatic carbocycles. The third-order valence-electron chi connectivity index (χ3n) is 10.8. The maximum atomic E-state index is 14.4. The minimum atomic E-state index is -3.40. The molecule has 7 fully saturated rings. The lowest BCUT2D eigenvalue weighted by molar-refractivity contribution is -0.318. The van der Waals surface area contributed by atoms with Gasteiger partial charge in [0.1, 0.15) is 16.6 Å². The first-order valence-corrected chi connectivity index (χ1v) is 16.1. The number of hydrazine groups is 1. The van der Waals surface area contributed by atoms with E-state index in [-0.39, 0.29) is 24.1 Å². The number of hydrogen-bond acceptors (Lipinski definition) is 17. The lowest BCUT2D eigenvalue weighted by Gasteiger charge is -2.45. The minimum absolute atomic E-state index is 0.0771. The number of rotatable bonds is 2. The molecule has 3 bridgehead atoms. The van der Waals surface area contributed by atoms with Crippen LogP contribution >= 0.6 is 0 Å². The highest BCUT2D eigenvalue weighted by molar-refractivity contribution is 6.12. The van der Waals surface area contributed by atoms with Crippen molar-refractivity contribution in [3.05, 3.63) is 0 Å². The van der Waals surface area contributed by atoms with Gasteiger partial charge < -0.3 is 35.8 Å². The predicted molar refractivity (Wildman–Crippen MR) is 152 cm³/mol. The molecule has 0 aromatic heterocycles. The Kier molecular flexibility index (Phi) is 7.04. The molecule has 3 saturated carbocycles. The van der Waals surface area contributed by atoms with Crippen molar-refractivity contribution in [3.8, 4) is 0 Å². The fraction of sp³-hybridized carbons (Fsp3) is 0.724. The summed E-state index contributed by atoms with van der Waals surface area (Å²) in [6.07, 6.45) is -3.58. The van der Waals surface area contributed by atoms with E-state index in [0.29, 0.717) is 25.7 Å². The average molecular weight is 693 g/mol. The van der Waals surface area contributed by atoms with Gasteiger partial charge in [-0.3, -0.25) is 9.59 Å². The summed E-state index contributed by atoms with van der Waals surface area (Å²) in [6.45, 7) is 3.65. The van der Waals surface area contributed by atoms with Crippen molar-refractivity contribution in [1.82, 2.24) is 20.4 Å². The Hall–Kier alpha value is -4.56. The number of ketones is 2. The molecular weight excluding hydrogens is 656 g/mol. The highest BCUT2D eigenvalue weighted by Crippen LogP contribution is 2.61. The number of fused-ring (bicyclic) bond motifs is 3. The normalized spacial score (nSPS) is 40.8. The van der Waals surface area contributed by atoms with E-state index in [0.717, 1.165) is 23.9 Å². The van der Waals surface area contributed by atoms with E-state index in [4.69, 9.17) is 35.4 Å². The van der Waals surface area contributed by atoms with Crippen LogP contribution in [0.2, 0.25) is 0 Å². The Morgan fingerprint density at radius 1 is 0.857 bits per heavy atom. The molecule has 4 unspecified atom stereocenters. The van der Waals surface area contributed by atoms with Gasteiger partial charge in [0.25, 0.3) is 5.78 Å². The van der Waals surface area contributed by atoms with Crippen LogP contribution in [0.25, 0.3) is 0 Å². The first-order chi connectivity index (χ1) is 22.9. The number of amides is 3. The standard InChI is InChI=1S/C29H36N6O14/c1-13-10-11-33-28(13)17(36)8-9-18(37)29(46-21(28)40)44-19(38)25(2,30)16-12-27(16,26(3,31)20(39)45-29)35(47-23(42)34(33)15-6-7-15)24(43)49-48-22(41)32-14-4-5-14/h13-16H,4-12,30-31H2,1-3H3,(H,32,41)/t13?,16?,25-,26+,27?,28-,29?/m1/s1. The van der Waals surface area contributed by atoms with Crippen molar-refractivity contribution >= 4 is 47.8 Å². The van der Waals surface area contributed by atoms with Crippen molar-refractivity contribution in [2.45, 2.75) is 112 Å². The zero-order chi connectivity index (χ0) is 35.5.